The molecule has 0 aromatic heterocycles. The Hall–Kier alpha value is -1.10. The van der Waals surface area contributed by atoms with Crippen molar-refractivity contribution in [2.75, 3.05) is 31.6 Å². The molecule has 22 heavy (non-hydrogen) atoms. The highest BCUT2D eigenvalue weighted by Gasteiger charge is 2.26. The fourth-order valence-corrected chi connectivity index (χ4v) is 3.12. The molecule has 1 aliphatic heterocycles. The first-order valence-corrected chi connectivity index (χ1v) is 8.34. The SMILES string of the molecule is CCC1CN(C)c2ccccc2CN1CC(O)COC(C)C. The molecule has 0 aliphatic carbocycles. The summed E-state index contributed by atoms with van der Waals surface area (Å²) in [5.74, 6) is 0. The van der Waals surface area contributed by atoms with Crippen molar-refractivity contribution in [2.24, 2.45) is 0 Å². The van der Waals surface area contributed by atoms with Gasteiger partial charge in [-0.1, -0.05) is 25.1 Å². The lowest BCUT2D eigenvalue weighted by Crippen LogP contribution is -2.44. The van der Waals surface area contributed by atoms with Crippen molar-refractivity contribution in [3.63, 3.8) is 0 Å². The number of hydrogen-bond acceptors (Lipinski definition) is 4. The first-order valence-electron chi connectivity index (χ1n) is 8.34. The smallest absolute Gasteiger partial charge is 0.0900 e. The Morgan fingerprint density at radius 2 is 2.05 bits per heavy atom. The van der Waals surface area contributed by atoms with Gasteiger partial charge < -0.3 is 14.7 Å². The first-order chi connectivity index (χ1) is 10.5. The van der Waals surface area contributed by atoms with Gasteiger partial charge in [-0.15, -0.1) is 0 Å². The zero-order valence-corrected chi connectivity index (χ0v) is 14.3. The third kappa shape index (κ3) is 4.45. The third-order valence-corrected chi connectivity index (χ3v) is 4.32. The Morgan fingerprint density at radius 1 is 1.32 bits per heavy atom. The van der Waals surface area contributed by atoms with E-state index in [1.807, 2.05) is 13.8 Å². The molecule has 1 heterocycles. The second-order valence-corrected chi connectivity index (χ2v) is 6.54. The molecule has 0 bridgehead atoms. The van der Waals surface area contributed by atoms with E-state index in [2.05, 4.69) is 48.0 Å². The number of nitrogens with zero attached hydrogens (tertiary/aromatic N) is 2. The molecule has 0 saturated heterocycles. The Labute approximate surface area is 134 Å². The minimum absolute atomic E-state index is 0.160. The van der Waals surface area contributed by atoms with Crippen LogP contribution in [0.2, 0.25) is 0 Å². The molecule has 1 aromatic carbocycles. The molecule has 0 saturated carbocycles. The maximum Gasteiger partial charge on any atom is 0.0900 e. The van der Waals surface area contributed by atoms with Gasteiger partial charge in [0.25, 0.3) is 0 Å². The van der Waals surface area contributed by atoms with Crippen molar-refractivity contribution in [1.29, 1.82) is 0 Å². The summed E-state index contributed by atoms with van der Waals surface area (Å²) in [4.78, 5) is 4.73. The van der Waals surface area contributed by atoms with Crippen molar-refractivity contribution < 1.29 is 9.84 Å². The molecule has 4 nitrogen and oxygen atoms in total. The number of para-hydroxylation sites is 1. The zero-order valence-electron chi connectivity index (χ0n) is 14.3. The van der Waals surface area contributed by atoms with Gasteiger partial charge >= 0.3 is 0 Å². The number of fused-ring (bicyclic) bond motifs is 1. The van der Waals surface area contributed by atoms with E-state index in [1.54, 1.807) is 0 Å². The lowest BCUT2D eigenvalue weighted by Gasteiger charge is -2.32. The summed E-state index contributed by atoms with van der Waals surface area (Å²) in [7, 11) is 2.16. The summed E-state index contributed by atoms with van der Waals surface area (Å²) in [6, 6.07) is 9.01. The Kier molecular flexibility index (Phi) is 6.24. The molecule has 0 amide bonds. The normalized spacial score (nSPS) is 20.8. The largest absolute Gasteiger partial charge is 0.389 e. The summed E-state index contributed by atoms with van der Waals surface area (Å²) in [5, 5.41) is 10.3. The van der Waals surface area contributed by atoms with Crippen LogP contribution in [0, 0.1) is 0 Å². The summed E-state index contributed by atoms with van der Waals surface area (Å²) >= 11 is 0. The number of aliphatic hydroxyl groups excluding tert-OH is 1. The summed E-state index contributed by atoms with van der Waals surface area (Å²) in [6.07, 6.45) is 0.801. The van der Waals surface area contributed by atoms with Crippen molar-refractivity contribution in [3.8, 4) is 0 Å². The minimum atomic E-state index is -0.438. The van der Waals surface area contributed by atoms with Gasteiger partial charge in [-0.2, -0.15) is 0 Å². The highest BCUT2D eigenvalue weighted by atomic mass is 16.5. The van der Waals surface area contributed by atoms with E-state index in [-0.39, 0.29) is 6.10 Å². The van der Waals surface area contributed by atoms with Crippen LogP contribution in [-0.4, -0.2) is 55.0 Å². The standard InChI is InChI=1S/C18H30N2O2/c1-5-16-11-19(4)18-9-7-6-8-15(18)10-20(16)12-17(21)13-22-14(2)3/h6-9,14,16-17,21H,5,10-13H2,1-4H3. The number of β-amino-alcohol motifs (C(OH)–C–C–N with tert-alkyl or cyclic N) is 1. The van der Waals surface area contributed by atoms with E-state index in [0.717, 1.165) is 19.5 Å². The number of hydrogen-bond donors (Lipinski definition) is 1. The second kappa shape index (κ2) is 7.95. The number of rotatable bonds is 6. The molecule has 0 radical (unpaired) electrons. The molecular weight excluding hydrogens is 276 g/mol. The molecule has 124 valence electrons. The van der Waals surface area contributed by atoms with Crippen LogP contribution in [0.4, 0.5) is 5.69 Å². The van der Waals surface area contributed by atoms with Gasteiger partial charge in [0.15, 0.2) is 0 Å². The van der Waals surface area contributed by atoms with E-state index < -0.39 is 6.10 Å². The van der Waals surface area contributed by atoms with Crippen molar-refractivity contribution in [2.45, 2.75) is 52.0 Å². The van der Waals surface area contributed by atoms with Crippen LogP contribution in [0.15, 0.2) is 24.3 Å². The highest BCUT2D eigenvalue weighted by Crippen LogP contribution is 2.27. The molecule has 0 fully saturated rings. The quantitative estimate of drug-likeness (QED) is 0.876. The van der Waals surface area contributed by atoms with Crippen LogP contribution in [0.1, 0.15) is 32.8 Å². The van der Waals surface area contributed by atoms with Gasteiger partial charge in [-0.3, -0.25) is 4.90 Å². The molecule has 2 rings (SSSR count). The van der Waals surface area contributed by atoms with Crippen LogP contribution in [0.5, 0.6) is 0 Å². The number of anilines is 1. The van der Waals surface area contributed by atoms with E-state index in [1.165, 1.54) is 11.3 Å². The molecule has 1 N–H and O–H groups in total. The summed E-state index contributed by atoms with van der Waals surface area (Å²) in [6.45, 7) is 9.16. The van der Waals surface area contributed by atoms with Gasteiger partial charge in [0.1, 0.15) is 0 Å². The Morgan fingerprint density at radius 3 is 2.73 bits per heavy atom. The molecule has 0 spiro atoms. The number of aliphatic hydroxyl groups is 1. The van der Waals surface area contributed by atoms with Crippen LogP contribution >= 0.6 is 0 Å². The molecular formula is C18H30N2O2. The maximum absolute atomic E-state index is 10.3. The van der Waals surface area contributed by atoms with Crippen LogP contribution in [0.25, 0.3) is 0 Å². The van der Waals surface area contributed by atoms with Gasteiger partial charge in [0, 0.05) is 38.4 Å². The maximum atomic E-state index is 10.3. The van der Waals surface area contributed by atoms with E-state index in [9.17, 15) is 5.11 Å². The molecule has 2 atom stereocenters. The average molecular weight is 306 g/mol. The van der Waals surface area contributed by atoms with Crippen LogP contribution in [0.3, 0.4) is 0 Å². The van der Waals surface area contributed by atoms with E-state index in [0.29, 0.717) is 19.2 Å². The summed E-state index contributed by atoms with van der Waals surface area (Å²) in [5.41, 5.74) is 2.63. The lowest BCUT2D eigenvalue weighted by molar-refractivity contribution is -0.0151. The van der Waals surface area contributed by atoms with Gasteiger partial charge in [-0.05, 0) is 31.9 Å². The van der Waals surface area contributed by atoms with E-state index in [4.69, 9.17) is 4.74 Å². The minimum Gasteiger partial charge on any atom is -0.389 e. The Bertz CT molecular complexity index is 464. The third-order valence-electron chi connectivity index (χ3n) is 4.32. The fraction of sp³-hybridized carbons (Fsp3) is 0.667. The Balaban J connectivity index is 2.08. The topological polar surface area (TPSA) is 35.9 Å². The number of likely N-dealkylation sites (N-methyl/N-ethyl adjacent to an activating group) is 1. The van der Waals surface area contributed by atoms with Gasteiger partial charge in [0.2, 0.25) is 0 Å². The zero-order chi connectivity index (χ0) is 16.1. The molecule has 4 heteroatoms. The van der Waals surface area contributed by atoms with Gasteiger partial charge in [-0.25, -0.2) is 0 Å². The van der Waals surface area contributed by atoms with Crippen LogP contribution in [-0.2, 0) is 11.3 Å². The van der Waals surface area contributed by atoms with Crippen molar-refractivity contribution >= 4 is 5.69 Å². The predicted octanol–water partition coefficient (Wildman–Crippen LogP) is 2.50. The molecule has 2 unspecified atom stereocenters. The molecule has 1 aromatic rings. The summed E-state index contributed by atoms with van der Waals surface area (Å²) < 4.78 is 5.55. The van der Waals surface area contributed by atoms with Crippen molar-refractivity contribution in [1.82, 2.24) is 4.90 Å². The average Bonchev–Trinajstić information content (AvgIpc) is 2.62. The van der Waals surface area contributed by atoms with Gasteiger partial charge in [0.05, 0.1) is 18.8 Å². The number of ether oxygens (including phenoxy) is 1. The number of benzene rings is 1. The van der Waals surface area contributed by atoms with Crippen molar-refractivity contribution in [3.05, 3.63) is 29.8 Å². The fourth-order valence-electron chi connectivity index (χ4n) is 3.12. The molecule has 1 aliphatic rings. The van der Waals surface area contributed by atoms with Crippen LogP contribution < -0.4 is 4.90 Å². The van der Waals surface area contributed by atoms with E-state index >= 15 is 0 Å². The second-order valence-electron chi connectivity index (χ2n) is 6.54. The lowest BCUT2D eigenvalue weighted by atomic mass is 10.1. The highest BCUT2D eigenvalue weighted by molar-refractivity contribution is 5.54. The predicted molar refractivity (Wildman–Crippen MR) is 91.3 cm³/mol. The monoisotopic (exact) mass is 306 g/mol. The first kappa shape index (κ1) is 17.3.